The largest absolute Gasteiger partial charge is 0.482 e. The van der Waals surface area contributed by atoms with Crippen molar-refractivity contribution >= 4 is 0 Å². The van der Waals surface area contributed by atoms with Crippen LogP contribution in [-0.4, -0.2) is 16.7 Å². The highest BCUT2D eigenvalue weighted by Gasteiger charge is 2.29. The van der Waals surface area contributed by atoms with Crippen LogP contribution in [0.15, 0.2) is 22.7 Å². The van der Waals surface area contributed by atoms with E-state index in [1.165, 1.54) is 6.07 Å². The zero-order valence-corrected chi connectivity index (χ0v) is 11.9. The van der Waals surface area contributed by atoms with Crippen molar-refractivity contribution in [3.05, 3.63) is 41.3 Å². The van der Waals surface area contributed by atoms with E-state index in [9.17, 15) is 4.39 Å². The highest BCUT2D eigenvalue weighted by Crippen LogP contribution is 2.38. The van der Waals surface area contributed by atoms with Gasteiger partial charge in [-0.25, -0.2) is 4.39 Å². The first-order valence-corrected chi connectivity index (χ1v) is 7.21. The molecule has 1 heterocycles. The molecule has 3 rings (SSSR count). The molecule has 0 aliphatic heterocycles. The van der Waals surface area contributed by atoms with Gasteiger partial charge in [0.15, 0.2) is 18.2 Å². The van der Waals surface area contributed by atoms with Crippen LogP contribution in [0.2, 0.25) is 0 Å². The predicted molar refractivity (Wildman–Crippen MR) is 74.4 cm³/mol. The van der Waals surface area contributed by atoms with Gasteiger partial charge in [0, 0.05) is 18.0 Å². The van der Waals surface area contributed by atoms with Crippen molar-refractivity contribution in [2.75, 3.05) is 6.54 Å². The van der Waals surface area contributed by atoms with Crippen LogP contribution in [0.3, 0.4) is 0 Å². The van der Waals surface area contributed by atoms with Crippen LogP contribution >= 0.6 is 0 Å². The average molecular weight is 291 g/mol. The zero-order chi connectivity index (χ0) is 14.7. The second kappa shape index (κ2) is 6.22. The quantitative estimate of drug-likeness (QED) is 0.850. The van der Waals surface area contributed by atoms with E-state index in [-0.39, 0.29) is 18.2 Å². The van der Waals surface area contributed by atoms with E-state index in [0.717, 1.165) is 24.9 Å². The minimum Gasteiger partial charge on any atom is -0.482 e. The van der Waals surface area contributed by atoms with Crippen molar-refractivity contribution in [3.8, 4) is 5.75 Å². The minimum atomic E-state index is -0.378. The molecule has 21 heavy (non-hydrogen) atoms. The van der Waals surface area contributed by atoms with Gasteiger partial charge in [-0.3, -0.25) is 0 Å². The summed E-state index contributed by atoms with van der Waals surface area (Å²) in [4.78, 5) is 4.27. The zero-order valence-electron chi connectivity index (χ0n) is 11.9. The number of nitrogens with one attached hydrogen (secondary N) is 1. The summed E-state index contributed by atoms with van der Waals surface area (Å²) < 4.78 is 24.6. The number of hydrogen-bond donors (Lipinski definition) is 1. The number of halogens is 1. The Morgan fingerprint density at radius 1 is 1.43 bits per heavy atom. The van der Waals surface area contributed by atoms with Crippen LogP contribution in [0.5, 0.6) is 5.75 Å². The number of para-hydroxylation sites is 1. The molecule has 1 aromatic carbocycles. The Hall–Kier alpha value is -1.95. The highest BCUT2D eigenvalue weighted by atomic mass is 19.1. The van der Waals surface area contributed by atoms with Crippen molar-refractivity contribution < 1.29 is 13.7 Å². The molecule has 0 spiro atoms. The lowest BCUT2D eigenvalue weighted by molar-refractivity contribution is 0.269. The molecule has 1 aliphatic carbocycles. The van der Waals surface area contributed by atoms with Gasteiger partial charge in [-0.2, -0.15) is 4.98 Å². The number of hydrogen-bond acceptors (Lipinski definition) is 5. The van der Waals surface area contributed by atoms with Crippen molar-refractivity contribution in [2.24, 2.45) is 0 Å². The third kappa shape index (κ3) is 3.39. The molecular formula is C15H18FN3O2. The van der Waals surface area contributed by atoms with E-state index in [0.29, 0.717) is 24.2 Å². The number of aromatic nitrogens is 2. The SMILES string of the molecule is CCNCc1cccc(F)c1OCc1noc(C2CC2)n1. The van der Waals surface area contributed by atoms with E-state index in [2.05, 4.69) is 15.5 Å². The molecule has 0 saturated heterocycles. The summed E-state index contributed by atoms with van der Waals surface area (Å²) in [5.74, 6) is 1.39. The predicted octanol–water partition coefficient (Wildman–Crippen LogP) is 2.77. The number of benzene rings is 1. The molecule has 1 saturated carbocycles. The molecule has 0 radical (unpaired) electrons. The van der Waals surface area contributed by atoms with Crippen molar-refractivity contribution in [1.29, 1.82) is 0 Å². The maximum absolute atomic E-state index is 13.9. The van der Waals surface area contributed by atoms with Crippen LogP contribution < -0.4 is 10.1 Å². The van der Waals surface area contributed by atoms with Gasteiger partial charge < -0.3 is 14.6 Å². The Morgan fingerprint density at radius 2 is 2.29 bits per heavy atom. The summed E-state index contributed by atoms with van der Waals surface area (Å²) >= 11 is 0. The van der Waals surface area contributed by atoms with Gasteiger partial charge in [0.25, 0.3) is 0 Å². The average Bonchev–Trinajstić information content (AvgIpc) is 3.23. The second-order valence-corrected chi connectivity index (χ2v) is 5.12. The molecule has 0 amide bonds. The minimum absolute atomic E-state index is 0.107. The van der Waals surface area contributed by atoms with Crippen molar-refractivity contribution in [1.82, 2.24) is 15.5 Å². The second-order valence-electron chi connectivity index (χ2n) is 5.12. The molecule has 5 nitrogen and oxygen atoms in total. The first-order valence-electron chi connectivity index (χ1n) is 7.21. The van der Waals surface area contributed by atoms with Gasteiger partial charge in [0.2, 0.25) is 11.7 Å². The Morgan fingerprint density at radius 3 is 3.05 bits per heavy atom. The van der Waals surface area contributed by atoms with Crippen LogP contribution in [0.4, 0.5) is 4.39 Å². The highest BCUT2D eigenvalue weighted by molar-refractivity contribution is 5.35. The van der Waals surface area contributed by atoms with Crippen LogP contribution in [0.1, 0.15) is 43.0 Å². The fraction of sp³-hybridized carbons (Fsp3) is 0.467. The third-order valence-corrected chi connectivity index (χ3v) is 3.37. The first-order chi connectivity index (χ1) is 10.3. The summed E-state index contributed by atoms with van der Waals surface area (Å²) in [7, 11) is 0. The van der Waals surface area contributed by atoms with Gasteiger partial charge in [0.05, 0.1) is 0 Å². The monoisotopic (exact) mass is 291 g/mol. The number of nitrogens with zero attached hydrogens (tertiary/aromatic N) is 2. The normalized spacial score (nSPS) is 14.4. The van der Waals surface area contributed by atoms with Gasteiger partial charge in [0.1, 0.15) is 0 Å². The van der Waals surface area contributed by atoms with Gasteiger partial charge in [-0.05, 0) is 25.5 Å². The fourth-order valence-corrected chi connectivity index (χ4v) is 2.07. The molecule has 1 fully saturated rings. The van der Waals surface area contributed by atoms with Crippen molar-refractivity contribution in [2.45, 2.75) is 38.8 Å². The fourth-order valence-electron chi connectivity index (χ4n) is 2.07. The van der Waals surface area contributed by atoms with Crippen LogP contribution in [0.25, 0.3) is 0 Å². The lowest BCUT2D eigenvalue weighted by atomic mass is 10.2. The lowest BCUT2D eigenvalue weighted by Gasteiger charge is -2.11. The Kier molecular flexibility index (Phi) is 4.15. The Labute approximate surface area is 122 Å². The van der Waals surface area contributed by atoms with Gasteiger partial charge in [-0.1, -0.05) is 24.2 Å². The molecule has 0 bridgehead atoms. The Bertz CT molecular complexity index is 611. The van der Waals surface area contributed by atoms with Gasteiger partial charge >= 0.3 is 0 Å². The topological polar surface area (TPSA) is 60.2 Å². The van der Waals surface area contributed by atoms with E-state index in [1.54, 1.807) is 6.07 Å². The Balaban J connectivity index is 1.68. The molecule has 1 N–H and O–H groups in total. The first kappa shape index (κ1) is 14.0. The summed E-state index contributed by atoms with van der Waals surface area (Å²) in [5.41, 5.74) is 0.780. The molecule has 1 aromatic heterocycles. The number of rotatable bonds is 7. The molecular weight excluding hydrogens is 273 g/mol. The van der Waals surface area contributed by atoms with E-state index in [1.807, 2.05) is 13.0 Å². The smallest absolute Gasteiger partial charge is 0.229 e. The van der Waals surface area contributed by atoms with Crippen molar-refractivity contribution in [3.63, 3.8) is 0 Å². The molecule has 1 aliphatic rings. The molecule has 0 atom stereocenters. The summed E-state index contributed by atoms with van der Waals surface area (Å²) in [6.07, 6.45) is 2.20. The molecule has 0 unspecified atom stereocenters. The third-order valence-electron chi connectivity index (χ3n) is 3.37. The van der Waals surface area contributed by atoms with E-state index >= 15 is 0 Å². The van der Waals surface area contributed by atoms with Crippen LogP contribution in [-0.2, 0) is 13.2 Å². The maximum atomic E-state index is 13.9. The number of ether oxygens (including phenoxy) is 1. The van der Waals surface area contributed by atoms with E-state index < -0.39 is 0 Å². The van der Waals surface area contributed by atoms with Gasteiger partial charge in [-0.15, -0.1) is 0 Å². The standard InChI is InChI=1S/C15H18FN3O2/c1-2-17-8-11-4-3-5-12(16)14(11)20-9-13-18-15(21-19-13)10-6-7-10/h3-5,10,17H,2,6-9H2,1H3. The summed E-state index contributed by atoms with van der Waals surface area (Å²) in [6.45, 7) is 3.48. The lowest BCUT2D eigenvalue weighted by Crippen LogP contribution is -2.13. The molecule has 2 aromatic rings. The van der Waals surface area contributed by atoms with E-state index in [4.69, 9.17) is 9.26 Å². The molecule has 6 heteroatoms. The molecule has 112 valence electrons. The summed E-state index contributed by atoms with van der Waals surface area (Å²) in [5, 5.41) is 7.03. The summed E-state index contributed by atoms with van der Waals surface area (Å²) in [6, 6.07) is 4.90. The van der Waals surface area contributed by atoms with Crippen LogP contribution in [0, 0.1) is 5.82 Å². The maximum Gasteiger partial charge on any atom is 0.229 e.